The Kier molecular flexibility index (Phi) is 8.07. The molecule has 0 saturated heterocycles. The highest BCUT2D eigenvalue weighted by Crippen LogP contribution is 2.40. The zero-order chi connectivity index (χ0) is 26.7. The highest BCUT2D eigenvalue weighted by molar-refractivity contribution is 7.18. The Labute approximate surface area is 221 Å². The quantitative estimate of drug-likeness (QED) is 0.365. The molecule has 1 aliphatic rings. The Hall–Kier alpha value is -3.52. The van der Waals surface area contributed by atoms with E-state index in [1.165, 1.54) is 6.20 Å². The predicted molar refractivity (Wildman–Crippen MR) is 147 cm³/mol. The molecule has 0 spiro atoms. The molecule has 2 N–H and O–H groups in total. The summed E-state index contributed by atoms with van der Waals surface area (Å²) in [5, 5.41) is 12.8. The number of aromatic carboxylic acids is 1. The van der Waals surface area contributed by atoms with Gasteiger partial charge >= 0.3 is 5.97 Å². The van der Waals surface area contributed by atoms with E-state index in [-0.39, 0.29) is 28.7 Å². The first-order valence-electron chi connectivity index (χ1n) is 12.7. The lowest BCUT2D eigenvalue weighted by atomic mass is 9.82. The van der Waals surface area contributed by atoms with E-state index in [1.54, 1.807) is 29.3 Å². The number of amides is 2. The molecule has 1 aliphatic carbocycles. The van der Waals surface area contributed by atoms with Gasteiger partial charge in [0.2, 0.25) is 5.91 Å². The van der Waals surface area contributed by atoms with Crippen molar-refractivity contribution in [1.29, 1.82) is 0 Å². The molecule has 0 unspecified atom stereocenters. The van der Waals surface area contributed by atoms with Crippen LogP contribution < -0.4 is 10.2 Å². The number of rotatable bonds is 7. The molecule has 194 valence electrons. The smallest absolute Gasteiger partial charge is 0.348 e. The number of thiophene rings is 1. The molecule has 1 fully saturated rings. The molecule has 1 aromatic carbocycles. The summed E-state index contributed by atoms with van der Waals surface area (Å²) in [5.74, 6) is -0.732. The predicted octanol–water partition coefficient (Wildman–Crippen LogP) is 6.64. The third kappa shape index (κ3) is 6.07. The SMILES string of the molecule is Cc1cncc(C(=O)Nc2ccc(-c3cc(N(C(=O)[C@H]4CC[C@H](C)CC4)C(C)C)c(C(=O)O)s3)cc2)c1. The normalized spacial score (nSPS) is 17.4. The summed E-state index contributed by atoms with van der Waals surface area (Å²) in [6, 6.07) is 10.7. The van der Waals surface area contributed by atoms with Gasteiger partial charge in [-0.2, -0.15) is 0 Å². The van der Waals surface area contributed by atoms with Crippen LogP contribution in [0.4, 0.5) is 11.4 Å². The van der Waals surface area contributed by atoms with Crippen LogP contribution in [0.15, 0.2) is 48.8 Å². The fourth-order valence-electron chi connectivity index (χ4n) is 4.81. The van der Waals surface area contributed by atoms with Gasteiger partial charge in [0.1, 0.15) is 4.88 Å². The van der Waals surface area contributed by atoms with E-state index in [0.29, 0.717) is 22.9 Å². The number of carboxylic acids is 1. The van der Waals surface area contributed by atoms with Crippen LogP contribution >= 0.6 is 11.3 Å². The van der Waals surface area contributed by atoms with Crippen LogP contribution in [0.5, 0.6) is 0 Å². The van der Waals surface area contributed by atoms with Crippen molar-refractivity contribution in [1.82, 2.24) is 4.98 Å². The molecule has 2 heterocycles. The number of aryl methyl sites for hydroxylation is 1. The third-order valence-electron chi connectivity index (χ3n) is 6.85. The minimum atomic E-state index is -1.04. The molecule has 0 atom stereocenters. The number of hydrogen-bond acceptors (Lipinski definition) is 5. The number of nitrogens with zero attached hydrogens (tertiary/aromatic N) is 2. The second kappa shape index (κ2) is 11.3. The lowest BCUT2D eigenvalue weighted by Gasteiger charge is -2.33. The van der Waals surface area contributed by atoms with Crippen LogP contribution in [0.25, 0.3) is 10.4 Å². The zero-order valence-corrected chi connectivity index (χ0v) is 22.5. The Morgan fingerprint density at radius 1 is 1.05 bits per heavy atom. The number of aromatic nitrogens is 1. The number of carbonyl (C=O) groups excluding carboxylic acids is 2. The summed E-state index contributed by atoms with van der Waals surface area (Å²) in [5.41, 5.74) is 3.27. The number of benzene rings is 1. The van der Waals surface area contributed by atoms with Gasteiger partial charge in [-0.15, -0.1) is 11.3 Å². The summed E-state index contributed by atoms with van der Waals surface area (Å²) >= 11 is 1.16. The van der Waals surface area contributed by atoms with E-state index in [9.17, 15) is 19.5 Å². The van der Waals surface area contributed by atoms with E-state index in [0.717, 1.165) is 53.0 Å². The van der Waals surface area contributed by atoms with Crippen molar-refractivity contribution < 1.29 is 19.5 Å². The standard InChI is InChI=1S/C29H33N3O4S/c1-17(2)32(28(34)21-7-5-18(3)6-8-21)24-14-25(37-26(24)29(35)36)20-9-11-23(12-10-20)31-27(33)22-13-19(4)15-30-16-22/h9-18,21H,5-8H2,1-4H3,(H,31,33)(H,35,36)/t18-,21-. The minimum Gasteiger partial charge on any atom is -0.477 e. The van der Waals surface area contributed by atoms with Crippen molar-refractivity contribution in [3.63, 3.8) is 0 Å². The van der Waals surface area contributed by atoms with Crippen LogP contribution in [0.3, 0.4) is 0 Å². The van der Waals surface area contributed by atoms with Crippen molar-refractivity contribution in [3.05, 3.63) is 64.8 Å². The summed E-state index contributed by atoms with van der Waals surface area (Å²) in [7, 11) is 0. The van der Waals surface area contributed by atoms with Crippen LogP contribution in [0.1, 0.15) is 72.0 Å². The van der Waals surface area contributed by atoms with E-state index in [4.69, 9.17) is 0 Å². The van der Waals surface area contributed by atoms with E-state index < -0.39 is 5.97 Å². The molecule has 2 aromatic heterocycles. The lowest BCUT2D eigenvalue weighted by molar-refractivity contribution is -0.123. The molecule has 1 saturated carbocycles. The Balaban J connectivity index is 1.58. The van der Waals surface area contributed by atoms with Crippen LogP contribution in [-0.2, 0) is 4.79 Å². The maximum absolute atomic E-state index is 13.5. The largest absolute Gasteiger partial charge is 0.477 e. The van der Waals surface area contributed by atoms with E-state index >= 15 is 0 Å². The van der Waals surface area contributed by atoms with Gasteiger partial charge in [0.25, 0.3) is 5.91 Å². The summed E-state index contributed by atoms with van der Waals surface area (Å²) in [6.45, 7) is 7.94. The molecule has 37 heavy (non-hydrogen) atoms. The van der Waals surface area contributed by atoms with Gasteiger partial charge in [0, 0.05) is 34.9 Å². The van der Waals surface area contributed by atoms with Crippen LogP contribution in [0, 0.1) is 18.8 Å². The van der Waals surface area contributed by atoms with Crippen molar-refractivity contribution in [2.45, 2.75) is 59.4 Å². The highest BCUT2D eigenvalue weighted by atomic mass is 32.1. The Morgan fingerprint density at radius 2 is 1.73 bits per heavy atom. The highest BCUT2D eigenvalue weighted by Gasteiger charge is 2.33. The summed E-state index contributed by atoms with van der Waals surface area (Å²) in [6.07, 6.45) is 6.93. The average Bonchev–Trinajstić information content (AvgIpc) is 3.30. The molecule has 2 amide bonds. The molecule has 7 nitrogen and oxygen atoms in total. The van der Waals surface area contributed by atoms with Gasteiger partial charge in [-0.25, -0.2) is 4.79 Å². The molecule has 3 aromatic rings. The zero-order valence-electron chi connectivity index (χ0n) is 21.7. The number of pyridine rings is 1. The van der Waals surface area contributed by atoms with E-state index in [2.05, 4.69) is 17.2 Å². The first-order valence-corrected chi connectivity index (χ1v) is 13.5. The van der Waals surface area contributed by atoms with E-state index in [1.807, 2.05) is 39.0 Å². The monoisotopic (exact) mass is 519 g/mol. The summed E-state index contributed by atoms with van der Waals surface area (Å²) < 4.78 is 0. The van der Waals surface area contributed by atoms with Crippen molar-refractivity contribution >= 4 is 40.5 Å². The molecule has 0 aliphatic heterocycles. The molecule has 0 radical (unpaired) electrons. The van der Waals surface area contributed by atoms with Crippen molar-refractivity contribution in [2.75, 3.05) is 10.2 Å². The van der Waals surface area contributed by atoms with Crippen molar-refractivity contribution in [2.24, 2.45) is 11.8 Å². The van der Waals surface area contributed by atoms with Crippen molar-refractivity contribution in [3.8, 4) is 10.4 Å². The number of carboxylic acid groups (broad SMARTS) is 1. The topological polar surface area (TPSA) is 99.6 Å². The van der Waals surface area contributed by atoms with Gasteiger partial charge in [-0.1, -0.05) is 19.1 Å². The second-order valence-electron chi connectivity index (χ2n) is 10.2. The van der Waals surface area contributed by atoms with Crippen LogP contribution in [-0.4, -0.2) is 33.9 Å². The maximum atomic E-state index is 13.5. The second-order valence-corrected chi connectivity index (χ2v) is 11.2. The van der Waals surface area contributed by atoms with Gasteiger partial charge in [-0.05, 0) is 87.8 Å². The third-order valence-corrected chi connectivity index (χ3v) is 8.01. The van der Waals surface area contributed by atoms with Crippen LogP contribution in [0.2, 0.25) is 0 Å². The lowest BCUT2D eigenvalue weighted by Crippen LogP contribution is -2.42. The van der Waals surface area contributed by atoms with Gasteiger partial charge in [-0.3, -0.25) is 14.6 Å². The van der Waals surface area contributed by atoms with Gasteiger partial charge in [0.05, 0.1) is 11.3 Å². The summed E-state index contributed by atoms with van der Waals surface area (Å²) in [4.78, 5) is 44.9. The first-order chi connectivity index (χ1) is 17.6. The van der Waals surface area contributed by atoms with Gasteiger partial charge < -0.3 is 15.3 Å². The first kappa shape index (κ1) is 26.5. The Morgan fingerprint density at radius 3 is 2.32 bits per heavy atom. The molecular weight excluding hydrogens is 486 g/mol. The fraction of sp³-hybridized carbons (Fsp3) is 0.379. The fourth-order valence-corrected chi connectivity index (χ4v) is 5.80. The number of anilines is 2. The maximum Gasteiger partial charge on any atom is 0.348 e. The molecule has 4 rings (SSSR count). The number of nitrogens with one attached hydrogen (secondary N) is 1. The number of carbonyl (C=O) groups is 3. The average molecular weight is 520 g/mol. The molecule has 8 heteroatoms. The Bertz CT molecular complexity index is 1290. The molecular formula is C29H33N3O4S. The van der Waals surface area contributed by atoms with Gasteiger partial charge in [0.15, 0.2) is 0 Å². The number of hydrogen-bond donors (Lipinski definition) is 2. The molecule has 0 bridgehead atoms. The minimum absolute atomic E-state index is 0.0115.